The summed E-state index contributed by atoms with van der Waals surface area (Å²) in [4.78, 5) is 28.8. The molecule has 1 aromatic carbocycles. The van der Waals surface area contributed by atoms with Crippen molar-refractivity contribution in [2.24, 2.45) is 5.92 Å². The predicted molar refractivity (Wildman–Crippen MR) is 89.9 cm³/mol. The second-order valence-electron chi connectivity index (χ2n) is 6.69. The number of carbonyl (C=O) groups is 2. The smallest absolute Gasteiger partial charge is 0.228 e. The van der Waals surface area contributed by atoms with Gasteiger partial charge in [-0.15, -0.1) is 0 Å². The van der Waals surface area contributed by atoms with Crippen LogP contribution in [-0.4, -0.2) is 62.3 Å². The van der Waals surface area contributed by atoms with Crippen LogP contribution in [0.5, 0.6) is 11.5 Å². The molecule has 25 heavy (non-hydrogen) atoms. The van der Waals surface area contributed by atoms with Crippen LogP contribution < -0.4 is 14.4 Å². The number of hydrogen-bond donors (Lipinski definition) is 0. The molecule has 4 rings (SSSR count). The zero-order valence-corrected chi connectivity index (χ0v) is 14.3. The molecular formula is C18H22N2O5. The van der Waals surface area contributed by atoms with Gasteiger partial charge in [-0.1, -0.05) is 0 Å². The van der Waals surface area contributed by atoms with Crippen molar-refractivity contribution in [2.45, 2.75) is 19.4 Å². The number of morpholine rings is 1. The third-order valence-electron chi connectivity index (χ3n) is 4.96. The van der Waals surface area contributed by atoms with Gasteiger partial charge < -0.3 is 24.0 Å². The molecule has 3 aliphatic rings. The Labute approximate surface area is 146 Å². The second-order valence-corrected chi connectivity index (χ2v) is 6.69. The van der Waals surface area contributed by atoms with E-state index in [-0.39, 0.29) is 30.2 Å². The fraction of sp³-hybridized carbons (Fsp3) is 0.556. The van der Waals surface area contributed by atoms with Gasteiger partial charge in [0.05, 0.1) is 25.2 Å². The van der Waals surface area contributed by atoms with E-state index >= 15 is 0 Å². The minimum Gasteiger partial charge on any atom is -0.486 e. The van der Waals surface area contributed by atoms with Gasteiger partial charge in [0.1, 0.15) is 13.2 Å². The molecule has 3 heterocycles. The lowest BCUT2D eigenvalue weighted by molar-refractivity contribution is -0.143. The number of benzene rings is 1. The summed E-state index contributed by atoms with van der Waals surface area (Å²) in [6.07, 6.45) is 0.247. The predicted octanol–water partition coefficient (Wildman–Crippen LogP) is 1.06. The molecule has 1 aromatic rings. The molecule has 7 heteroatoms. The van der Waals surface area contributed by atoms with Crippen molar-refractivity contribution in [3.05, 3.63) is 18.2 Å². The Morgan fingerprint density at radius 2 is 1.96 bits per heavy atom. The summed E-state index contributed by atoms with van der Waals surface area (Å²) in [6, 6.07) is 5.53. The van der Waals surface area contributed by atoms with E-state index in [9.17, 15) is 9.59 Å². The first-order valence-electron chi connectivity index (χ1n) is 8.72. The van der Waals surface area contributed by atoms with E-state index in [0.717, 1.165) is 5.69 Å². The van der Waals surface area contributed by atoms with Crippen LogP contribution in [0.3, 0.4) is 0 Å². The lowest BCUT2D eigenvalue weighted by Gasteiger charge is -2.35. The molecule has 0 saturated carbocycles. The van der Waals surface area contributed by atoms with Crippen molar-refractivity contribution < 1.29 is 23.8 Å². The van der Waals surface area contributed by atoms with Crippen LogP contribution >= 0.6 is 0 Å². The van der Waals surface area contributed by atoms with E-state index in [1.807, 2.05) is 30.0 Å². The molecule has 2 amide bonds. The number of amides is 2. The standard InChI is InChI=1S/C18H22N2O5/c1-12-11-23-5-4-19(12)18(22)13-8-17(21)20(10-13)14-2-3-15-16(9-14)25-7-6-24-15/h2-3,9,12-13H,4-8,10-11H2,1H3/t12-,13+/m0/s1. The Morgan fingerprint density at radius 1 is 1.16 bits per heavy atom. The zero-order valence-electron chi connectivity index (χ0n) is 14.3. The van der Waals surface area contributed by atoms with Gasteiger partial charge in [-0.2, -0.15) is 0 Å². The first-order valence-corrected chi connectivity index (χ1v) is 8.72. The quantitative estimate of drug-likeness (QED) is 0.801. The van der Waals surface area contributed by atoms with Gasteiger partial charge in [0.25, 0.3) is 0 Å². The average Bonchev–Trinajstić information content (AvgIpc) is 3.03. The Bertz CT molecular complexity index is 692. The number of fused-ring (bicyclic) bond motifs is 1. The van der Waals surface area contributed by atoms with Crippen LogP contribution in [0, 0.1) is 5.92 Å². The number of anilines is 1. The summed E-state index contributed by atoms with van der Waals surface area (Å²) in [5.74, 6) is 1.05. The van der Waals surface area contributed by atoms with E-state index < -0.39 is 0 Å². The Morgan fingerprint density at radius 3 is 2.76 bits per heavy atom. The van der Waals surface area contributed by atoms with E-state index in [1.165, 1.54) is 0 Å². The van der Waals surface area contributed by atoms with Crippen molar-refractivity contribution in [2.75, 3.05) is 44.4 Å². The molecule has 0 aliphatic carbocycles. The van der Waals surface area contributed by atoms with Gasteiger partial charge in [0.2, 0.25) is 11.8 Å². The maximum absolute atomic E-state index is 12.8. The van der Waals surface area contributed by atoms with E-state index in [0.29, 0.717) is 51.0 Å². The Hall–Kier alpha value is -2.28. The number of carbonyl (C=O) groups excluding carboxylic acids is 2. The Balaban J connectivity index is 1.49. The molecule has 0 aromatic heterocycles. The maximum atomic E-state index is 12.8. The summed E-state index contributed by atoms with van der Waals surface area (Å²) in [5.41, 5.74) is 0.750. The monoisotopic (exact) mass is 346 g/mol. The molecule has 2 saturated heterocycles. The van der Waals surface area contributed by atoms with Crippen LogP contribution in [0.2, 0.25) is 0 Å². The van der Waals surface area contributed by atoms with Crippen molar-refractivity contribution in [3.8, 4) is 11.5 Å². The van der Waals surface area contributed by atoms with Gasteiger partial charge in [0.15, 0.2) is 11.5 Å². The molecule has 0 unspecified atom stereocenters. The number of ether oxygens (including phenoxy) is 3. The first-order chi connectivity index (χ1) is 12.1. The van der Waals surface area contributed by atoms with Gasteiger partial charge in [-0.3, -0.25) is 9.59 Å². The molecule has 0 radical (unpaired) electrons. The third-order valence-corrected chi connectivity index (χ3v) is 4.96. The van der Waals surface area contributed by atoms with Crippen LogP contribution in [0.1, 0.15) is 13.3 Å². The van der Waals surface area contributed by atoms with Crippen molar-refractivity contribution in [1.29, 1.82) is 0 Å². The van der Waals surface area contributed by atoms with Crippen molar-refractivity contribution >= 4 is 17.5 Å². The highest BCUT2D eigenvalue weighted by Crippen LogP contribution is 2.36. The van der Waals surface area contributed by atoms with Gasteiger partial charge in [-0.05, 0) is 19.1 Å². The largest absolute Gasteiger partial charge is 0.486 e. The van der Waals surface area contributed by atoms with Crippen molar-refractivity contribution in [3.63, 3.8) is 0 Å². The normalized spacial score (nSPS) is 26.0. The fourth-order valence-corrected chi connectivity index (χ4v) is 3.61. The van der Waals surface area contributed by atoms with Crippen molar-refractivity contribution in [1.82, 2.24) is 4.90 Å². The fourth-order valence-electron chi connectivity index (χ4n) is 3.61. The van der Waals surface area contributed by atoms with Crippen LogP contribution in [0.15, 0.2) is 18.2 Å². The summed E-state index contributed by atoms with van der Waals surface area (Å²) in [7, 11) is 0. The third kappa shape index (κ3) is 3.04. The highest BCUT2D eigenvalue weighted by molar-refractivity contribution is 6.00. The summed E-state index contributed by atoms with van der Waals surface area (Å²) in [5, 5.41) is 0. The lowest BCUT2D eigenvalue weighted by atomic mass is 10.1. The summed E-state index contributed by atoms with van der Waals surface area (Å²) < 4.78 is 16.5. The SMILES string of the molecule is C[C@H]1COCCN1C(=O)[C@@H]1CC(=O)N(c2ccc3c(c2)OCCO3)C1. The highest BCUT2D eigenvalue weighted by Gasteiger charge is 2.39. The van der Waals surface area contributed by atoms with E-state index in [1.54, 1.807) is 4.90 Å². The van der Waals surface area contributed by atoms with E-state index in [2.05, 4.69) is 0 Å². The molecule has 0 bridgehead atoms. The first kappa shape index (κ1) is 16.2. The minimum atomic E-state index is -0.304. The number of nitrogens with zero attached hydrogens (tertiary/aromatic N) is 2. The highest BCUT2D eigenvalue weighted by atomic mass is 16.6. The van der Waals surface area contributed by atoms with Gasteiger partial charge in [-0.25, -0.2) is 0 Å². The topological polar surface area (TPSA) is 68.3 Å². The molecule has 134 valence electrons. The van der Waals surface area contributed by atoms with Crippen LogP contribution in [0.4, 0.5) is 5.69 Å². The summed E-state index contributed by atoms with van der Waals surface area (Å²) >= 11 is 0. The molecule has 0 spiro atoms. The van der Waals surface area contributed by atoms with Crippen LogP contribution in [0.25, 0.3) is 0 Å². The molecule has 7 nitrogen and oxygen atoms in total. The maximum Gasteiger partial charge on any atom is 0.228 e. The summed E-state index contributed by atoms with van der Waals surface area (Å²) in [6.45, 7) is 5.12. The molecular weight excluding hydrogens is 324 g/mol. The average molecular weight is 346 g/mol. The molecule has 2 atom stereocenters. The van der Waals surface area contributed by atoms with Crippen LogP contribution in [-0.2, 0) is 14.3 Å². The molecule has 3 aliphatic heterocycles. The molecule has 0 N–H and O–H groups in total. The van der Waals surface area contributed by atoms with Gasteiger partial charge in [0, 0.05) is 31.3 Å². The Kier molecular flexibility index (Phi) is 4.25. The zero-order chi connectivity index (χ0) is 17.4. The molecule has 2 fully saturated rings. The second kappa shape index (κ2) is 6.55. The number of hydrogen-bond acceptors (Lipinski definition) is 5. The van der Waals surface area contributed by atoms with Gasteiger partial charge >= 0.3 is 0 Å². The minimum absolute atomic E-state index is 0.0315. The lowest BCUT2D eigenvalue weighted by Crippen LogP contribution is -2.49. The van der Waals surface area contributed by atoms with E-state index in [4.69, 9.17) is 14.2 Å². The number of rotatable bonds is 2.